The van der Waals surface area contributed by atoms with Gasteiger partial charge in [-0.15, -0.1) is 0 Å². The van der Waals surface area contributed by atoms with Crippen LogP contribution in [0.4, 0.5) is 11.4 Å². The first-order valence-electron chi connectivity index (χ1n) is 15.6. The molecule has 2 aromatic carbocycles. The van der Waals surface area contributed by atoms with E-state index in [9.17, 15) is 9.59 Å². The van der Waals surface area contributed by atoms with Crippen LogP contribution in [0.5, 0.6) is 0 Å². The summed E-state index contributed by atoms with van der Waals surface area (Å²) in [6, 6.07) is 15.6. The largest absolute Gasteiger partial charge is 0.378 e. The van der Waals surface area contributed by atoms with Gasteiger partial charge in [0.2, 0.25) is 0 Å². The maximum atomic E-state index is 12.4. The topological polar surface area (TPSA) is 111 Å². The summed E-state index contributed by atoms with van der Waals surface area (Å²) in [5.41, 5.74) is 16.5. The Labute approximate surface area is 267 Å². The molecule has 0 saturated carbocycles. The fraction of sp³-hybridized carbons (Fsp3) is 0.611. The molecule has 8 heteroatoms. The smallest absolute Gasteiger partial charge is 0.154 e. The van der Waals surface area contributed by atoms with E-state index in [4.69, 9.17) is 20.9 Å². The molecule has 2 fully saturated rings. The highest BCUT2D eigenvalue weighted by Crippen LogP contribution is 2.23. The van der Waals surface area contributed by atoms with Crippen LogP contribution in [0.2, 0.25) is 0 Å². The minimum absolute atomic E-state index is 0. The van der Waals surface area contributed by atoms with Crippen molar-refractivity contribution in [3.8, 4) is 0 Å². The number of nitrogens with two attached hydrogens (primary N) is 2. The molecule has 0 amide bonds. The summed E-state index contributed by atoms with van der Waals surface area (Å²) in [6.07, 6.45) is 2.70. The quantitative estimate of drug-likeness (QED) is 0.333. The zero-order chi connectivity index (χ0) is 30.5. The molecule has 0 bridgehead atoms. The van der Waals surface area contributed by atoms with Crippen LogP contribution in [-0.2, 0) is 31.9 Å². The van der Waals surface area contributed by atoms with Crippen molar-refractivity contribution < 1.29 is 19.1 Å². The zero-order valence-corrected chi connectivity index (χ0v) is 26.1. The lowest BCUT2D eigenvalue weighted by atomic mass is 9.92. The Morgan fingerprint density at radius 3 is 1.66 bits per heavy atom. The molecule has 248 valence electrons. The predicted octanol–water partition coefficient (Wildman–Crippen LogP) is 5.29. The maximum Gasteiger partial charge on any atom is 0.154 e. The molecule has 4 unspecified atom stereocenters. The minimum Gasteiger partial charge on any atom is -0.378 e. The number of hydrogen-bond acceptors (Lipinski definition) is 8. The van der Waals surface area contributed by atoms with Crippen LogP contribution in [0.3, 0.4) is 0 Å². The molecule has 4 rings (SSSR count). The van der Waals surface area contributed by atoms with Crippen LogP contribution >= 0.6 is 0 Å². The standard InChI is InChI=1S/2C17H26N2O2.2CH4/c1-3-13(2)17(18)16(20)12-14-4-6-15(7-5-14)19-8-10-21-11-9-19;1-3-13(2)17(18)16(20)12-14-6-4-5-7-15(14)19-8-10-21-11-9-19;;/h2*4-7,13,17H,3,8-12,18H2,1-2H3;2*1H4. The van der Waals surface area contributed by atoms with Gasteiger partial charge in [0.1, 0.15) is 0 Å². The van der Waals surface area contributed by atoms with Crippen molar-refractivity contribution in [3.63, 3.8) is 0 Å². The Morgan fingerprint density at radius 1 is 0.705 bits per heavy atom. The summed E-state index contributed by atoms with van der Waals surface area (Å²) >= 11 is 0. The SMILES string of the molecule is C.C.CCC(C)C(N)C(=O)Cc1ccc(N2CCOCC2)cc1.CCC(C)C(N)C(=O)Cc1ccccc1N1CCOCC1. The van der Waals surface area contributed by atoms with E-state index in [0.29, 0.717) is 12.8 Å². The lowest BCUT2D eigenvalue weighted by Crippen LogP contribution is -2.39. The van der Waals surface area contributed by atoms with E-state index < -0.39 is 0 Å². The first-order chi connectivity index (χ1) is 20.2. The first-order valence-corrected chi connectivity index (χ1v) is 15.6. The third-order valence-electron chi connectivity index (χ3n) is 8.66. The third kappa shape index (κ3) is 11.6. The van der Waals surface area contributed by atoms with E-state index in [1.54, 1.807) is 0 Å². The van der Waals surface area contributed by atoms with E-state index in [1.807, 2.05) is 44.2 Å². The van der Waals surface area contributed by atoms with Gasteiger partial charge in [-0.05, 0) is 41.2 Å². The number of morpholine rings is 2. The van der Waals surface area contributed by atoms with Crippen molar-refractivity contribution in [2.75, 3.05) is 62.4 Å². The lowest BCUT2D eigenvalue weighted by Gasteiger charge is -2.30. The molecule has 2 aliphatic heterocycles. The van der Waals surface area contributed by atoms with Gasteiger partial charge in [0.05, 0.1) is 38.5 Å². The molecule has 2 heterocycles. The Morgan fingerprint density at radius 2 is 1.16 bits per heavy atom. The number of ether oxygens (including phenoxy) is 2. The normalized spacial score (nSPS) is 17.5. The van der Waals surface area contributed by atoms with Crippen LogP contribution in [0.15, 0.2) is 48.5 Å². The number of nitrogens with zero attached hydrogens (tertiary/aromatic N) is 2. The van der Waals surface area contributed by atoms with Crippen molar-refractivity contribution in [2.45, 2.75) is 80.3 Å². The van der Waals surface area contributed by atoms with Gasteiger partial charge in [0, 0.05) is 50.4 Å². The van der Waals surface area contributed by atoms with Gasteiger partial charge >= 0.3 is 0 Å². The van der Waals surface area contributed by atoms with Crippen molar-refractivity contribution >= 4 is 22.9 Å². The van der Waals surface area contributed by atoms with Crippen molar-refractivity contribution in [1.29, 1.82) is 0 Å². The van der Waals surface area contributed by atoms with Crippen LogP contribution in [0.1, 0.15) is 66.5 Å². The van der Waals surface area contributed by atoms with Gasteiger partial charge in [-0.25, -0.2) is 0 Å². The molecule has 8 nitrogen and oxygen atoms in total. The van der Waals surface area contributed by atoms with Crippen LogP contribution in [0.25, 0.3) is 0 Å². The fourth-order valence-electron chi connectivity index (χ4n) is 5.19. The Hall–Kier alpha value is -2.78. The number of Topliss-reactive ketones (excluding diaryl/α,β-unsaturated/α-hetero) is 2. The second kappa shape index (κ2) is 20.3. The average molecular weight is 613 g/mol. The van der Waals surface area contributed by atoms with Gasteiger partial charge in [-0.1, -0.05) is 85.7 Å². The number of ketones is 2. The number of hydrogen-bond donors (Lipinski definition) is 2. The first kappa shape index (κ1) is 39.2. The summed E-state index contributed by atoms with van der Waals surface area (Å²) < 4.78 is 10.8. The highest BCUT2D eigenvalue weighted by Gasteiger charge is 2.22. The van der Waals surface area contributed by atoms with Gasteiger partial charge in [0.25, 0.3) is 0 Å². The molecule has 44 heavy (non-hydrogen) atoms. The summed E-state index contributed by atoms with van der Waals surface area (Å²) in [7, 11) is 0. The Balaban J connectivity index is 0.000000421. The Kier molecular flexibility index (Phi) is 18.1. The number of benzene rings is 2. The van der Waals surface area contributed by atoms with Gasteiger partial charge in [0.15, 0.2) is 11.6 Å². The molecule has 0 aliphatic carbocycles. The highest BCUT2D eigenvalue weighted by atomic mass is 16.5. The second-order valence-corrected chi connectivity index (χ2v) is 11.6. The van der Waals surface area contributed by atoms with Gasteiger partial charge < -0.3 is 30.7 Å². The van der Waals surface area contributed by atoms with Crippen LogP contribution < -0.4 is 21.3 Å². The molecule has 0 spiro atoms. The highest BCUT2D eigenvalue weighted by molar-refractivity contribution is 5.87. The fourth-order valence-corrected chi connectivity index (χ4v) is 5.19. The average Bonchev–Trinajstić information content (AvgIpc) is 3.04. The van der Waals surface area contributed by atoms with E-state index in [-0.39, 0.29) is 50.3 Å². The molecule has 2 aliphatic rings. The number of carbonyl (C=O) groups is 2. The van der Waals surface area contributed by atoms with Gasteiger partial charge in [-0.3, -0.25) is 9.59 Å². The molecule has 2 aromatic rings. The monoisotopic (exact) mass is 612 g/mol. The lowest BCUT2D eigenvalue weighted by molar-refractivity contribution is -0.121. The molecule has 4 N–H and O–H groups in total. The van der Waals surface area contributed by atoms with Crippen molar-refractivity contribution in [3.05, 3.63) is 59.7 Å². The maximum absolute atomic E-state index is 12.4. The summed E-state index contributed by atoms with van der Waals surface area (Å²) in [5, 5.41) is 0. The number of para-hydroxylation sites is 1. The molecular formula is C36H60N4O4. The number of carbonyl (C=O) groups excluding carboxylic acids is 2. The number of rotatable bonds is 12. The van der Waals surface area contributed by atoms with E-state index in [2.05, 4.69) is 41.8 Å². The van der Waals surface area contributed by atoms with E-state index in [1.165, 1.54) is 5.69 Å². The van der Waals surface area contributed by atoms with Crippen molar-refractivity contribution in [1.82, 2.24) is 0 Å². The predicted molar refractivity (Wildman–Crippen MR) is 185 cm³/mol. The van der Waals surface area contributed by atoms with Crippen LogP contribution in [-0.4, -0.2) is 76.3 Å². The molecule has 2 saturated heterocycles. The third-order valence-corrected chi connectivity index (χ3v) is 8.66. The minimum atomic E-state index is -0.368. The second-order valence-electron chi connectivity index (χ2n) is 11.6. The molecular weight excluding hydrogens is 552 g/mol. The van der Waals surface area contributed by atoms with E-state index in [0.717, 1.165) is 82.3 Å². The molecule has 0 radical (unpaired) electrons. The van der Waals surface area contributed by atoms with Crippen LogP contribution in [0, 0.1) is 11.8 Å². The summed E-state index contributed by atoms with van der Waals surface area (Å²) in [4.78, 5) is 29.1. The molecule has 4 atom stereocenters. The van der Waals surface area contributed by atoms with Crippen molar-refractivity contribution in [2.24, 2.45) is 23.3 Å². The summed E-state index contributed by atoms with van der Waals surface area (Å²) in [5.74, 6) is 0.728. The van der Waals surface area contributed by atoms with Gasteiger partial charge in [-0.2, -0.15) is 0 Å². The zero-order valence-electron chi connectivity index (χ0n) is 26.1. The molecule has 0 aromatic heterocycles. The number of anilines is 2. The van der Waals surface area contributed by atoms with E-state index >= 15 is 0 Å². The Bertz CT molecular complexity index is 1100. The summed E-state index contributed by atoms with van der Waals surface area (Å²) in [6.45, 7) is 14.9.